The standard InChI is InChI=1S/C22H36O3S/c1-3-5-6-7-8-9-10-11-12-13-14-15-18-21(26-4-2)20(23)17-16-19-22(24)25/h8-9,11-15,18,20-21,23H,3-7,10,16-17,19H2,1-2H3,(H,24,25)/b9-8-,12-11-,14-13+,18-15+. The first kappa shape index (κ1) is 24.7. The van der Waals surface area contributed by atoms with Crippen molar-refractivity contribution in [1.29, 1.82) is 0 Å². The highest BCUT2D eigenvalue weighted by atomic mass is 32.2. The van der Waals surface area contributed by atoms with Crippen LogP contribution in [-0.4, -0.2) is 33.3 Å². The molecule has 0 aromatic rings. The molecule has 0 rings (SSSR count). The van der Waals surface area contributed by atoms with E-state index in [1.165, 1.54) is 25.7 Å². The first-order chi connectivity index (χ1) is 12.6. The highest BCUT2D eigenvalue weighted by Gasteiger charge is 2.16. The Kier molecular flexibility index (Phi) is 17.6. The third kappa shape index (κ3) is 16.2. The highest BCUT2D eigenvalue weighted by molar-refractivity contribution is 8.00. The molecule has 0 bridgehead atoms. The van der Waals surface area contributed by atoms with Crippen LogP contribution in [0.4, 0.5) is 0 Å². The third-order valence-electron chi connectivity index (χ3n) is 3.81. The van der Waals surface area contributed by atoms with Crippen LogP contribution >= 0.6 is 11.8 Å². The van der Waals surface area contributed by atoms with Crippen LogP contribution in [0.5, 0.6) is 0 Å². The Morgan fingerprint density at radius 2 is 1.77 bits per heavy atom. The van der Waals surface area contributed by atoms with Gasteiger partial charge < -0.3 is 10.2 Å². The Hall–Kier alpha value is -1.26. The molecule has 0 heterocycles. The number of carbonyl (C=O) groups is 1. The van der Waals surface area contributed by atoms with E-state index in [0.29, 0.717) is 12.8 Å². The number of unbranched alkanes of at least 4 members (excludes halogenated alkanes) is 3. The maximum Gasteiger partial charge on any atom is 0.303 e. The van der Waals surface area contributed by atoms with Gasteiger partial charge in [-0.25, -0.2) is 0 Å². The van der Waals surface area contributed by atoms with E-state index in [4.69, 9.17) is 5.11 Å². The molecule has 0 saturated heterocycles. The van der Waals surface area contributed by atoms with Crippen molar-refractivity contribution in [1.82, 2.24) is 0 Å². The summed E-state index contributed by atoms with van der Waals surface area (Å²) >= 11 is 1.68. The van der Waals surface area contributed by atoms with E-state index in [1.807, 2.05) is 30.4 Å². The quantitative estimate of drug-likeness (QED) is 0.198. The predicted octanol–water partition coefficient (Wildman–Crippen LogP) is 5.92. The van der Waals surface area contributed by atoms with Crippen molar-refractivity contribution in [2.75, 3.05) is 5.75 Å². The largest absolute Gasteiger partial charge is 0.481 e. The van der Waals surface area contributed by atoms with Crippen LogP contribution in [0.2, 0.25) is 0 Å². The Bertz CT molecular complexity index is 452. The van der Waals surface area contributed by atoms with E-state index in [1.54, 1.807) is 11.8 Å². The van der Waals surface area contributed by atoms with Crippen molar-refractivity contribution >= 4 is 17.7 Å². The molecule has 0 fully saturated rings. The van der Waals surface area contributed by atoms with Crippen LogP contribution in [0.15, 0.2) is 48.6 Å². The van der Waals surface area contributed by atoms with Gasteiger partial charge in [0.2, 0.25) is 0 Å². The van der Waals surface area contributed by atoms with Crippen LogP contribution in [-0.2, 0) is 4.79 Å². The molecule has 0 radical (unpaired) electrons. The zero-order valence-corrected chi connectivity index (χ0v) is 17.2. The summed E-state index contributed by atoms with van der Waals surface area (Å²) in [6.07, 6.45) is 23.1. The van der Waals surface area contributed by atoms with Crippen molar-refractivity contribution in [3.8, 4) is 0 Å². The van der Waals surface area contributed by atoms with Crippen molar-refractivity contribution in [3.05, 3.63) is 48.6 Å². The van der Waals surface area contributed by atoms with Crippen LogP contribution in [0, 0.1) is 0 Å². The minimum atomic E-state index is -0.807. The Morgan fingerprint density at radius 1 is 1.00 bits per heavy atom. The van der Waals surface area contributed by atoms with E-state index in [9.17, 15) is 9.90 Å². The molecule has 3 nitrogen and oxygen atoms in total. The molecule has 0 amide bonds. The maximum atomic E-state index is 10.6. The second kappa shape index (κ2) is 18.5. The summed E-state index contributed by atoms with van der Waals surface area (Å²) < 4.78 is 0. The summed E-state index contributed by atoms with van der Waals surface area (Å²) in [5.41, 5.74) is 0. The van der Waals surface area contributed by atoms with Crippen molar-refractivity contribution < 1.29 is 15.0 Å². The first-order valence-corrected chi connectivity index (χ1v) is 10.8. The summed E-state index contributed by atoms with van der Waals surface area (Å²) in [7, 11) is 0. The van der Waals surface area contributed by atoms with Gasteiger partial charge in [-0.15, -0.1) is 0 Å². The fourth-order valence-corrected chi connectivity index (χ4v) is 3.32. The molecule has 4 heteroatoms. The Balaban J connectivity index is 4.11. The van der Waals surface area contributed by atoms with Crippen molar-refractivity contribution in [2.24, 2.45) is 0 Å². The van der Waals surface area contributed by atoms with Crippen LogP contribution in [0.25, 0.3) is 0 Å². The molecule has 2 N–H and O–H groups in total. The fraction of sp³-hybridized carbons (Fsp3) is 0.591. The number of rotatable bonds is 16. The Morgan fingerprint density at radius 3 is 2.46 bits per heavy atom. The second-order valence-corrected chi connectivity index (χ2v) is 7.63. The highest BCUT2D eigenvalue weighted by Crippen LogP contribution is 2.20. The predicted molar refractivity (Wildman–Crippen MR) is 115 cm³/mol. The lowest BCUT2D eigenvalue weighted by Gasteiger charge is -2.18. The van der Waals surface area contributed by atoms with Gasteiger partial charge >= 0.3 is 5.97 Å². The van der Waals surface area contributed by atoms with E-state index < -0.39 is 12.1 Å². The smallest absolute Gasteiger partial charge is 0.303 e. The van der Waals surface area contributed by atoms with Gasteiger partial charge in [0.15, 0.2) is 0 Å². The molecule has 0 spiro atoms. The number of aliphatic hydroxyl groups excluding tert-OH is 1. The van der Waals surface area contributed by atoms with Gasteiger partial charge in [0.1, 0.15) is 0 Å². The number of thioether (sulfide) groups is 1. The number of hydrogen-bond donors (Lipinski definition) is 2. The third-order valence-corrected chi connectivity index (χ3v) is 5.00. The summed E-state index contributed by atoms with van der Waals surface area (Å²) in [4.78, 5) is 10.6. The average Bonchev–Trinajstić information content (AvgIpc) is 2.61. The first-order valence-electron chi connectivity index (χ1n) is 9.78. The summed E-state index contributed by atoms with van der Waals surface area (Å²) in [5, 5.41) is 18.9. The van der Waals surface area contributed by atoms with Gasteiger partial charge in [-0.2, -0.15) is 11.8 Å². The van der Waals surface area contributed by atoms with Gasteiger partial charge in [0, 0.05) is 11.7 Å². The minimum absolute atomic E-state index is 0.00785. The van der Waals surface area contributed by atoms with Crippen LogP contribution in [0.1, 0.15) is 65.2 Å². The lowest BCUT2D eigenvalue weighted by atomic mass is 10.1. The van der Waals surface area contributed by atoms with Gasteiger partial charge in [-0.3, -0.25) is 4.79 Å². The number of carboxylic acid groups (broad SMARTS) is 1. The van der Waals surface area contributed by atoms with E-state index in [-0.39, 0.29) is 11.7 Å². The van der Waals surface area contributed by atoms with Crippen molar-refractivity contribution in [2.45, 2.75) is 76.6 Å². The molecule has 0 aliphatic carbocycles. The summed E-state index contributed by atoms with van der Waals surface area (Å²) in [6.45, 7) is 4.28. The zero-order valence-electron chi connectivity index (χ0n) is 16.3. The fourth-order valence-electron chi connectivity index (χ4n) is 2.38. The second-order valence-electron chi connectivity index (χ2n) is 6.17. The van der Waals surface area contributed by atoms with E-state index >= 15 is 0 Å². The Labute approximate surface area is 164 Å². The topological polar surface area (TPSA) is 57.5 Å². The van der Waals surface area contributed by atoms with Gasteiger partial charge in [0.25, 0.3) is 0 Å². The summed E-state index contributed by atoms with van der Waals surface area (Å²) in [6, 6.07) is 0. The average molecular weight is 381 g/mol. The molecule has 0 aromatic carbocycles. The molecular formula is C22H36O3S. The monoisotopic (exact) mass is 380 g/mol. The molecule has 0 aliphatic rings. The van der Waals surface area contributed by atoms with Gasteiger partial charge in [-0.05, 0) is 37.9 Å². The number of allylic oxidation sites excluding steroid dienone is 7. The van der Waals surface area contributed by atoms with E-state index in [0.717, 1.165) is 12.2 Å². The normalized spacial score (nSPS) is 14.9. The van der Waals surface area contributed by atoms with Gasteiger partial charge in [0.05, 0.1) is 6.10 Å². The molecule has 148 valence electrons. The molecule has 0 aromatic heterocycles. The summed E-state index contributed by atoms with van der Waals surface area (Å²) in [5.74, 6) is 0.108. The van der Waals surface area contributed by atoms with Crippen LogP contribution in [0.3, 0.4) is 0 Å². The number of carboxylic acids is 1. The molecule has 0 aliphatic heterocycles. The zero-order chi connectivity index (χ0) is 19.5. The lowest BCUT2D eigenvalue weighted by Crippen LogP contribution is -2.21. The molecule has 2 atom stereocenters. The van der Waals surface area contributed by atoms with E-state index in [2.05, 4.69) is 32.1 Å². The minimum Gasteiger partial charge on any atom is -0.481 e. The SMILES string of the molecule is CCCCC/C=C\C\C=C/C=C/C=C/C(SCC)C(O)CCCC(=O)O. The molecule has 26 heavy (non-hydrogen) atoms. The molecular weight excluding hydrogens is 344 g/mol. The van der Waals surface area contributed by atoms with Crippen LogP contribution < -0.4 is 0 Å². The van der Waals surface area contributed by atoms with Gasteiger partial charge in [-0.1, -0.05) is 75.3 Å². The number of aliphatic carboxylic acids is 1. The molecule has 2 unspecified atom stereocenters. The number of aliphatic hydroxyl groups is 1. The number of hydrogen-bond acceptors (Lipinski definition) is 3. The molecule has 0 saturated carbocycles. The lowest BCUT2D eigenvalue weighted by molar-refractivity contribution is -0.137. The van der Waals surface area contributed by atoms with Crippen molar-refractivity contribution in [3.63, 3.8) is 0 Å². The maximum absolute atomic E-state index is 10.6.